The number of hydrogen-bond acceptors (Lipinski definition) is 5. The number of halogens is 1. The first-order chi connectivity index (χ1) is 9.72. The van der Waals surface area contributed by atoms with Gasteiger partial charge < -0.3 is 10.4 Å². The minimum absolute atomic E-state index is 0.0741. The van der Waals surface area contributed by atoms with Crippen molar-refractivity contribution in [2.45, 2.75) is 19.0 Å². The van der Waals surface area contributed by atoms with Crippen LogP contribution in [-0.4, -0.2) is 26.7 Å². The highest BCUT2D eigenvalue weighted by atomic mass is 19.1. The molecular formula is C13H14FN5O. The first-order valence-electron chi connectivity index (χ1n) is 6.15. The molecule has 6 nitrogen and oxygen atoms in total. The summed E-state index contributed by atoms with van der Waals surface area (Å²) in [4.78, 5) is 0. The maximum absolute atomic E-state index is 12.8. The Balaban J connectivity index is 2.06. The van der Waals surface area contributed by atoms with Crippen molar-refractivity contribution in [1.29, 1.82) is 5.26 Å². The van der Waals surface area contributed by atoms with Crippen LogP contribution in [0.1, 0.15) is 18.2 Å². The molecule has 0 saturated heterocycles. The number of aryl methyl sites for hydroxylation is 1. The Morgan fingerprint density at radius 3 is 2.80 bits per heavy atom. The summed E-state index contributed by atoms with van der Waals surface area (Å²) in [5, 5.41) is 28.7. The molecule has 2 rings (SSSR count). The zero-order chi connectivity index (χ0) is 14.4. The second kappa shape index (κ2) is 6.63. The third-order valence-corrected chi connectivity index (χ3v) is 2.68. The lowest BCUT2D eigenvalue weighted by atomic mass is 10.2. The molecule has 7 heteroatoms. The molecule has 0 aliphatic carbocycles. The van der Waals surface area contributed by atoms with Crippen LogP contribution in [0.5, 0.6) is 0 Å². The summed E-state index contributed by atoms with van der Waals surface area (Å²) in [5.74, 6) is -0.334. The van der Waals surface area contributed by atoms with E-state index >= 15 is 0 Å². The zero-order valence-corrected chi connectivity index (χ0v) is 10.7. The van der Waals surface area contributed by atoms with E-state index in [0.29, 0.717) is 24.3 Å². The fourth-order valence-corrected chi connectivity index (χ4v) is 1.67. The normalized spacial score (nSPS) is 11.8. The van der Waals surface area contributed by atoms with E-state index in [-0.39, 0.29) is 12.4 Å². The molecule has 0 fully saturated rings. The Morgan fingerprint density at radius 2 is 2.15 bits per heavy atom. The Bertz CT molecular complexity index is 590. The molecule has 0 radical (unpaired) electrons. The van der Waals surface area contributed by atoms with Gasteiger partial charge in [0, 0.05) is 18.8 Å². The number of nitrogens with zero attached hydrogens (tertiary/aromatic N) is 4. The summed E-state index contributed by atoms with van der Waals surface area (Å²) in [6.45, 7) is 0.614. The molecule has 1 heterocycles. The molecule has 1 aromatic heterocycles. The maximum atomic E-state index is 12.8. The van der Waals surface area contributed by atoms with E-state index in [4.69, 9.17) is 5.11 Å². The molecule has 0 aliphatic heterocycles. The predicted molar refractivity (Wildman–Crippen MR) is 70.1 cm³/mol. The highest BCUT2D eigenvalue weighted by Crippen LogP contribution is 2.17. The fraction of sp³-hybridized carbons (Fsp3) is 0.308. The Morgan fingerprint density at radius 1 is 1.40 bits per heavy atom. The van der Waals surface area contributed by atoms with Gasteiger partial charge in [-0.25, -0.2) is 4.39 Å². The molecule has 0 spiro atoms. The van der Waals surface area contributed by atoms with Gasteiger partial charge in [-0.05, 0) is 30.7 Å². The molecule has 2 N–H and O–H groups in total. The van der Waals surface area contributed by atoms with Gasteiger partial charge in [0.25, 0.3) is 0 Å². The summed E-state index contributed by atoms with van der Waals surface area (Å²) < 4.78 is 14.4. The summed E-state index contributed by atoms with van der Waals surface area (Å²) in [6.07, 6.45) is 2.23. The second-order valence-corrected chi connectivity index (χ2v) is 4.20. The maximum Gasteiger partial charge on any atom is 0.160 e. The summed E-state index contributed by atoms with van der Waals surface area (Å²) >= 11 is 0. The second-order valence-electron chi connectivity index (χ2n) is 4.20. The predicted octanol–water partition coefficient (Wildman–Crippen LogP) is 1.48. The fourth-order valence-electron chi connectivity index (χ4n) is 1.67. The van der Waals surface area contributed by atoms with Crippen molar-refractivity contribution in [2.75, 3.05) is 11.9 Å². The third kappa shape index (κ3) is 3.52. The van der Waals surface area contributed by atoms with E-state index in [0.717, 1.165) is 0 Å². The number of nitrogens with one attached hydrogen (secondary N) is 1. The van der Waals surface area contributed by atoms with Crippen molar-refractivity contribution in [1.82, 2.24) is 15.0 Å². The van der Waals surface area contributed by atoms with Gasteiger partial charge >= 0.3 is 0 Å². The molecule has 104 valence electrons. The van der Waals surface area contributed by atoms with Crippen LogP contribution in [0.15, 0.2) is 30.5 Å². The van der Waals surface area contributed by atoms with Crippen molar-refractivity contribution in [2.24, 2.45) is 0 Å². The Hall–Kier alpha value is -2.46. The zero-order valence-electron chi connectivity index (χ0n) is 10.7. The monoisotopic (exact) mass is 275 g/mol. The molecule has 2 aromatic rings. The first kappa shape index (κ1) is 14.0. The number of anilines is 1. The molecule has 0 saturated carbocycles. The number of aliphatic hydroxyl groups is 1. The lowest BCUT2D eigenvalue weighted by Crippen LogP contribution is -2.09. The van der Waals surface area contributed by atoms with Crippen LogP contribution < -0.4 is 5.32 Å². The van der Waals surface area contributed by atoms with Gasteiger partial charge in [-0.1, -0.05) is 5.21 Å². The lowest BCUT2D eigenvalue weighted by molar-refractivity contribution is 0.276. The minimum Gasteiger partial charge on any atom is -0.396 e. The smallest absolute Gasteiger partial charge is 0.160 e. The molecule has 1 atom stereocenters. The third-order valence-electron chi connectivity index (χ3n) is 2.68. The molecule has 0 bridgehead atoms. The largest absolute Gasteiger partial charge is 0.396 e. The summed E-state index contributed by atoms with van der Waals surface area (Å²) in [5.41, 5.74) is 1.11. The molecule has 1 unspecified atom stereocenters. The van der Waals surface area contributed by atoms with E-state index in [2.05, 4.69) is 21.7 Å². The van der Waals surface area contributed by atoms with Gasteiger partial charge in [0.15, 0.2) is 6.04 Å². The van der Waals surface area contributed by atoms with E-state index in [1.165, 1.54) is 12.1 Å². The highest BCUT2D eigenvalue weighted by Gasteiger charge is 2.14. The number of aromatic nitrogens is 3. The first-order valence-corrected chi connectivity index (χ1v) is 6.15. The standard InChI is InChI=1S/C13H14FN5O/c14-10-2-4-11(5-3-10)16-12(8-15)13-9-19(18-17-13)6-1-7-20/h2-5,9,12,16,20H,1,6-7H2. The van der Waals surface area contributed by atoms with Crippen LogP contribution in [0.4, 0.5) is 10.1 Å². The van der Waals surface area contributed by atoms with Crippen molar-refractivity contribution in [3.8, 4) is 6.07 Å². The number of benzene rings is 1. The van der Waals surface area contributed by atoms with Crippen LogP contribution in [-0.2, 0) is 6.54 Å². The quantitative estimate of drug-likeness (QED) is 0.833. The van der Waals surface area contributed by atoms with E-state index in [1.54, 1.807) is 23.0 Å². The van der Waals surface area contributed by atoms with Crippen LogP contribution in [0.2, 0.25) is 0 Å². The molecule has 20 heavy (non-hydrogen) atoms. The highest BCUT2D eigenvalue weighted by molar-refractivity contribution is 5.46. The van der Waals surface area contributed by atoms with Gasteiger partial charge in [0.1, 0.15) is 11.5 Å². The van der Waals surface area contributed by atoms with E-state index in [1.807, 2.05) is 0 Å². The van der Waals surface area contributed by atoms with Gasteiger partial charge in [-0.2, -0.15) is 5.26 Å². The number of aliphatic hydroxyl groups excluding tert-OH is 1. The molecule has 0 amide bonds. The minimum atomic E-state index is -0.664. The van der Waals surface area contributed by atoms with Crippen molar-refractivity contribution in [3.05, 3.63) is 42.0 Å². The average molecular weight is 275 g/mol. The topological polar surface area (TPSA) is 86.8 Å². The molecule has 0 aliphatic rings. The summed E-state index contributed by atoms with van der Waals surface area (Å²) in [7, 11) is 0. The van der Waals surface area contributed by atoms with Gasteiger partial charge in [0.05, 0.1) is 12.3 Å². The van der Waals surface area contributed by atoms with Gasteiger partial charge in [-0.15, -0.1) is 5.10 Å². The van der Waals surface area contributed by atoms with Gasteiger partial charge in [0.2, 0.25) is 0 Å². The van der Waals surface area contributed by atoms with Crippen molar-refractivity contribution < 1.29 is 9.50 Å². The van der Waals surface area contributed by atoms with Crippen LogP contribution in [0, 0.1) is 17.1 Å². The number of hydrogen-bond donors (Lipinski definition) is 2. The van der Waals surface area contributed by atoms with Crippen LogP contribution >= 0.6 is 0 Å². The van der Waals surface area contributed by atoms with E-state index in [9.17, 15) is 9.65 Å². The lowest BCUT2D eigenvalue weighted by Gasteiger charge is -2.09. The Labute approximate surface area is 115 Å². The van der Waals surface area contributed by atoms with E-state index < -0.39 is 6.04 Å². The average Bonchev–Trinajstić information content (AvgIpc) is 2.93. The van der Waals surface area contributed by atoms with Gasteiger partial charge in [-0.3, -0.25) is 4.68 Å². The SMILES string of the molecule is N#CC(Nc1ccc(F)cc1)c1cn(CCCO)nn1. The van der Waals surface area contributed by atoms with Crippen molar-refractivity contribution >= 4 is 5.69 Å². The van der Waals surface area contributed by atoms with Crippen LogP contribution in [0.3, 0.4) is 0 Å². The number of nitriles is 1. The molecular weight excluding hydrogens is 261 g/mol. The number of rotatable bonds is 6. The van der Waals surface area contributed by atoms with Crippen molar-refractivity contribution in [3.63, 3.8) is 0 Å². The summed E-state index contributed by atoms with van der Waals surface area (Å²) in [6, 6.07) is 7.15. The Kier molecular flexibility index (Phi) is 4.63. The molecule has 1 aromatic carbocycles. The van der Waals surface area contributed by atoms with Crippen LogP contribution in [0.25, 0.3) is 0 Å².